The van der Waals surface area contributed by atoms with Crippen molar-refractivity contribution in [1.29, 1.82) is 0 Å². The Morgan fingerprint density at radius 3 is 2.94 bits per heavy atom. The smallest absolute Gasteiger partial charge is 0.0698 e. The molecule has 1 aromatic carbocycles. The van der Waals surface area contributed by atoms with E-state index in [-0.39, 0.29) is 6.10 Å². The van der Waals surface area contributed by atoms with Crippen LogP contribution in [-0.4, -0.2) is 22.2 Å². The Labute approximate surface area is 98.4 Å². The van der Waals surface area contributed by atoms with Gasteiger partial charge in [0.15, 0.2) is 0 Å². The molecule has 1 fully saturated rings. The quantitative estimate of drug-likeness (QED) is 0.820. The van der Waals surface area contributed by atoms with Gasteiger partial charge < -0.3 is 10.5 Å². The Morgan fingerprint density at radius 1 is 1.50 bits per heavy atom. The highest BCUT2D eigenvalue weighted by molar-refractivity contribution is 7.85. The van der Waals surface area contributed by atoms with Crippen molar-refractivity contribution < 1.29 is 8.95 Å². The van der Waals surface area contributed by atoms with Gasteiger partial charge in [-0.2, -0.15) is 0 Å². The van der Waals surface area contributed by atoms with Gasteiger partial charge >= 0.3 is 0 Å². The number of nitrogen functional groups attached to an aromatic ring is 1. The second-order valence-electron chi connectivity index (χ2n) is 4.23. The Hall–Kier alpha value is -0.870. The van der Waals surface area contributed by atoms with Crippen LogP contribution in [0.2, 0.25) is 0 Å². The summed E-state index contributed by atoms with van der Waals surface area (Å²) in [5.74, 6) is 0.577. The molecule has 2 N–H and O–H groups in total. The van der Waals surface area contributed by atoms with Gasteiger partial charge in [0.2, 0.25) is 0 Å². The molecule has 1 aliphatic heterocycles. The van der Waals surface area contributed by atoms with Gasteiger partial charge in [-0.15, -0.1) is 0 Å². The Morgan fingerprint density at radius 2 is 2.31 bits per heavy atom. The fraction of sp³-hybridized carbons (Fsp3) is 0.500. The van der Waals surface area contributed by atoms with Crippen LogP contribution in [0.5, 0.6) is 0 Å². The summed E-state index contributed by atoms with van der Waals surface area (Å²) in [6, 6.07) is 7.26. The molecule has 1 aromatic rings. The summed E-state index contributed by atoms with van der Waals surface area (Å²) in [6.07, 6.45) is 2.52. The summed E-state index contributed by atoms with van der Waals surface area (Å²) >= 11 is 0. The summed E-state index contributed by atoms with van der Waals surface area (Å²) in [4.78, 5) is 0.795. The molecule has 0 spiro atoms. The van der Waals surface area contributed by atoms with Gasteiger partial charge in [-0.3, -0.25) is 4.21 Å². The Kier molecular flexibility index (Phi) is 3.61. The average molecular weight is 239 g/mol. The highest BCUT2D eigenvalue weighted by Gasteiger charge is 2.23. The van der Waals surface area contributed by atoms with Crippen molar-refractivity contribution >= 4 is 16.5 Å². The van der Waals surface area contributed by atoms with E-state index in [0.717, 1.165) is 17.7 Å². The largest absolute Gasteiger partial charge is 0.399 e. The first-order valence-corrected chi connectivity index (χ1v) is 6.86. The number of benzene rings is 1. The average Bonchev–Trinajstić information content (AvgIpc) is 2.64. The molecule has 0 radical (unpaired) electrons. The predicted molar refractivity (Wildman–Crippen MR) is 65.7 cm³/mol. The highest BCUT2D eigenvalue weighted by Crippen LogP contribution is 2.21. The van der Waals surface area contributed by atoms with E-state index < -0.39 is 10.8 Å². The van der Waals surface area contributed by atoms with Crippen LogP contribution in [0.4, 0.5) is 5.69 Å². The van der Waals surface area contributed by atoms with Gasteiger partial charge in [-0.05, 0) is 38.0 Å². The number of nitrogens with two attached hydrogens (primary N) is 1. The fourth-order valence-electron chi connectivity index (χ4n) is 1.93. The summed E-state index contributed by atoms with van der Waals surface area (Å²) in [5.41, 5.74) is 6.32. The fourth-order valence-corrected chi connectivity index (χ4v) is 3.20. The summed E-state index contributed by atoms with van der Waals surface area (Å²) in [6.45, 7) is 2.06. The monoisotopic (exact) mass is 239 g/mol. The minimum atomic E-state index is -1.00. The van der Waals surface area contributed by atoms with Crippen LogP contribution >= 0.6 is 0 Å². The number of ether oxygens (including phenoxy) is 1. The molecule has 0 amide bonds. The SMILES string of the molecule is CC1CCC(CS(=O)c2cccc(N)c2)O1. The first-order chi connectivity index (χ1) is 7.65. The number of hydrogen-bond donors (Lipinski definition) is 1. The third-order valence-corrected chi connectivity index (χ3v) is 4.23. The van der Waals surface area contributed by atoms with Crippen molar-refractivity contribution in [2.75, 3.05) is 11.5 Å². The third-order valence-electron chi connectivity index (χ3n) is 2.78. The van der Waals surface area contributed by atoms with E-state index in [2.05, 4.69) is 6.92 Å². The summed E-state index contributed by atoms with van der Waals surface area (Å²) in [7, 11) is -1.00. The highest BCUT2D eigenvalue weighted by atomic mass is 32.2. The molecule has 2 rings (SSSR count). The summed E-state index contributed by atoms with van der Waals surface area (Å²) < 4.78 is 17.7. The lowest BCUT2D eigenvalue weighted by Gasteiger charge is -2.10. The maximum atomic E-state index is 12.0. The van der Waals surface area contributed by atoms with Crippen molar-refractivity contribution in [3.8, 4) is 0 Å². The topological polar surface area (TPSA) is 52.3 Å². The van der Waals surface area contributed by atoms with Gasteiger partial charge in [0.05, 0.1) is 28.8 Å². The first-order valence-electron chi connectivity index (χ1n) is 5.54. The molecule has 3 unspecified atom stereocenters. The van der Waals surface area contributed by atoms with Gasteiger partial charge in [-0.1, -0.05) is 6.07 Å². The second-order valence-corrected chi connectivity index (χ2v) is 5.73. The van der Waals surface area contributed by atoms with Crippen molar-refractivity contribution in [3.05, 3.63) is 24.3 Å². The van der Waals surface area contributed by atoms with Gasteiger partial charge in [0.1, 0.15) is 0 Å². The second kappa shape index (κ2) is 4.97. The van der Waals surface area contributed by atoms with Crippen LogP contribution in [0, 0.1) is 0 Å². The molecule has 88 valence electrons. The normalized spacial score (nSPS) is 26.8. The third kappa shape index (κ3) is 2.83. The standard InChI is InChI=1S/C12H17NO2S/c1-9-5-6-11(15-9)8-16(14)12-4-2-3-10(13)7-12/h2-4,7,9,11H,5-6,8,13H2,1H3. The van der Waals surface area contributed by atoms with Crippen molar-refractivity contribution in [1.82, 2.24) is 0 Å². The molecule has 0 saturated carbocycles. The van der Waals surface area contributed by atoms with Crippen LogP contribution < -0.4 is 5.73 Å². The lowest BCUT2D eigenvalue weighted by molar-refractivity contribution is 0.0695. The van der Waals surface area contributed by atoms with E-state index in [4.69, 9.17) is 10.5 Å². The van der Waals surface area contributed by atoms with E-state index in [1.807, 2.05) is 12.1 Å². The zero-order valence-corrected chi connectivity index (χ0v) is 10.2. The van der Waals surface area contributed by atoms with Crippen molar-refractivity contribution in [2.45, 2.75) is 36.9 Å². The Bertz CT molecular complexity index is 394. The number of anilines is 1. The molecule has 4 heteroatoms. The van der Waals surface area contributed by atoms with Crippen molar-refractivity contribution in [3.63, 3.8) is 0 Å². The molecular formula is C12H17NO2S. The molecule has 3 atom stereocenters. The predicted octanol–water partition coefficient (Wildman–Crippen LogP) is 1.94. The molecule has 1 heterocycles. The van der Waals surface area contributed by atoms with Gasteiger partial charge in [0, 0.05) is 10.6 Å². The molecule has 3 nitrogen and oxygen atoms in total. The van der Waals surface area contributed by atoms with E-state index in [1.54, 1.807) is 12.1 Å². The molecule has 0 aromatic heterocycles. The molecule has 1 aliphatic rings. The minimum absolute atomic E-state index is 0.136. The van der Waals surface area contributed by atoms with Crippen LogP contribution in [0.1, 0.15) is 19.8 Å². The Balaban J connectivity index is 1.98. The minimum Gasteiger partial charge on any atom is -0.399 e. The number of rotatable bonds is 3. The molecular weight excluding hydrogens is 222 g/mol. The molecule has 16 heavy (non-hydrogen) atoms. The van der Waals surface area contributed by atoms with Gasteiger partial charge in [-0.25, -0.2) is 0 Å². The zero-order valence-electron chi connectivity index (χ0n) is 9.39. The van der Waals surface area contributed by atoms with E-state index >= 15 is 0 Å². The van der Waals surface area contributed by atoms with Crippen LogP contribution in [0.25, 0.3) is 0 Å². The maximum absolute atomic E-state index is 12.0. The van der Waals surface area contributed by atoms with Gasteiger partial charge in [0.25, 0.3) is 0 Å². The van der Waals surface area contributed by atoms with E-state index in [0.29, 0.717) is 17.5 Å². The maximum Gasteiger partial charge on any atom is 0.0698 e. The lowest BCUT2D eigenvalue weighted by Crippen LogP contribution is -2.17. The number of hydrogen-bond acceptors (Lipinski definition) is 3. The molecule has 0 bridgehead atoms. The van der Waals surface area contributed by atoms with Crippen LogP contribution in [0.15, 0.2) is 29.2 Å². The van der Waals surface area contributed by atoms with E-state index in [1.165, 1.54) is 0 Å². The zero-order chi connectivity index (χ0) is 11.5. The van der Waals surface area contributed by atoms with Crippen LogP contribution in [0.3, 0.4) is 0 Å². The van der Waals surface area contributed by atoms with Crippen LogP contribution in [-0.2, 0) is 15.5 Å². The van der Waals surface area contributed by atoms with E-state index in [9.17, 15) is 4.21 Å². The molecule has 1 saturated heterocycles. The molecule has 0 aliphatic carbocycles. The summed E-state index contributed by atoms with van der Waals surface area (Å²) in [5, 5.41) is 0. The first kappa shape index (κ1) is 11.6. The van der Waals surface area contributed by atoms with Crippen molar-refractivity contribution in [2.24, 2.45) is 0 Å². The lowest BCUT2D eigenvalue weighted by atomic mass is 10.2.